The van der Waals surface area contributed by atoms with Crippen LogP contribution in [0.1, 0.15) is 35.8 Å². The molecule has 94 valence electrons. The van der Waals surface area contributed by atoms with E-state index >= 15 is 0 Å². The van der Waals surface area contributed by atoms with Gasteiger partial charge in [-0.2, -0.15) is 0 Å². The third-order valence-corrected chi connectivity index (χ3v) is 4.20. The van der Waals surface area contributed by atoms with Gasteiger partial charge in [0, 0.05) is 27.6 Å². The highest BCUT2D eigenvalue weighted by Crippen LogP contribution is 2.33. The minimum absolute atomic E-state index is 0.289. The molecule has 1 N–H and O–H groups in total. The molecule has 0 spiro atoms. The molecule has 1 aromatic heterocycles. The van der Waals surface area contributed by atoms with Crippen molar-refractivity contribution in [3.05, 3.63) is 51.8 Å². The second-order valence-electron chi connectivity index (χ2n) is 4.93. The molecule has 0 radical (unpaired) electrons. The van der Waals surface area contributed by atoms with E-state index in [1.165, 1.54) is 16.9 Å². The fraction of sp³-hybridized carbons (Fsp3) is 0.333. The summed E-state index contributed by atoms with van der Waals surface area (Å²) in [5, 5.41) is 10.0. The second kappa shape index (κ2) is 4.56. The summed E-state index contributed by atoms with van der Waals surface area (Å²) in [5.41, 5.74) is 4.80. The predicted molar refractivity (Wildman–Crippen MR) is 76.1 cm³/mol. The number of aromatic nitrogens is 1. The first-order chi connectivity index (χ1) is 8.66. The average Bonchev–Trinajstić information content (AvgIpc) is 2.77. The molecule has 2 aromatic rings. The third-order valence-electron chi connectivity index (χ3n) is 3.71. The molecule has 0 amide bonds. The van der Waals surface area contributed by atoms with Crippen LogP contribution in [0.5, 0.6) is 0 Å². The van der Waals surface area contributed by atoms with E-state index in [0.29, 0.717) is 0 Å². The number of aryl methyl sites for hydroxylation is 1. The maximum Gasteiger partial charge on any atom is 0.0807 e. The van der Waals surface area contributed by atoms with E-state index in [9.17, 15) is 5.11 Å². The lowest BCUT2D eigenvalue weighted by Gasteiger charge is -2.21. The number of nitrogens with zero attached hydrogens (tertiary/aromatic N) is 1. The van der Waals surface area contributed by atoms with Crippen molar-refractivity contribution in [1.82, 2.24) is 4.57 Å². The van der Waals surface area contributed by atoms with Crippen molar-refractivity contribution in [3.8, 4) is 5.69 Å². The smallest absolute Gasteiger partial charge is 0.0807 e. The maximum absolute atomic E-state index is 10.0. The first kappa shape index (κ1) is 12.0. The lowest BCUT2D eigenvalue weighted by atomic mass is 9.95. The molecule has 1 aliphatic rings. The SMILES string of the molecule is Cc1ccc(Br)cc1-n1ccc2c1CCCC2O. The van der Waals surface area contributed by atoms with Crippen LogP contribution in [0.25, 0.3) is 5.69 Å². The summed E-state index contributed by atoms with van der Waals surface area (Å²) in [6.45, 7) is 2.12. The number of fused-ring (bicyclic) bond motifs is 1. The fourth-order valence-corrected chi connectivity index (χ4v) is 3.08. The molecular formula is C15H16BrNO. The largest absolute Gasteiger partial charge is 0.388 e. The quantitative estimate of drug-likeness (QED) is 0.849. The number of benzene rings is 1. The highest BCUT2D eigenvalue weighted by Gasteiger charge is 2.22. The summed E-state index contributed by atoms with van der Waals surface area (Å²) in [4.78, 5) is 0. The minimum atomic E-state index is -0.289. The van der Waals surface area contributed by atoms with Crippen LogP contribution in [0.15, 0.2) is 34.9 Å². The van der Waals surface area contributed by atoms with Gasteiger partial charge in [-0.25, -0.2) is 0 Å². The molecule has 0 saturated heterocycles. The van der Waals surface area contributed by atoms with Crippen LogP contribution in [0.4, 0.5) is 0 Å². The number of hydrogen-bond acceptors (Lipinski definition) is 1. The Kier molecular flexibility index (Phi) is 3.04. The Morgan fingerprint density at radius 3 is 3.00 bits per heavy atom. The zero-order valence-corrected chi connectivity index (χ0v) is 11.9. The van der Waals surface area contributed by atoms with Crippen LogP contribution in [0.3, 0.4) is 0 Å². The lowest BCUT2D eigenvalue weighted by Crippen LogP contribution is -2.11. The fourth-order valence-electron chi connectivity index (χ4n) is 2.73. The Morgan fingerprint density at radius 1 is 1.33 bits per heavy atom. The first-order valence-corrected chi connectivity index (χ1v) is 7.11. The van der Waals surface area contributed by atoms with Crippen molar-refractivity contribution >= 4 is 15.9 Å². The molecular weight excluding hydrogens is 290 g/mol. The van der Waals surface area contributed by atoms with E-state index in [1.54, 1.807) is 0 Å². The van der Waals surface area contributed by atoms with Crippen molar-refractivity contribution in [2.45, 2.75) is 32.3 Å². The lowest BCUT2D eigenvalue weighted by molar-refractivity contribution is 0.156. The number of rotatable bonds is 1. The van der Waals surface area contributed by atoms with Crippen molar-refractivity contribution < 1.29 is 5.11 Å². The zero-order chi connectivity index (χ0) is 12.7. The van der Waals surface area contributed by atoms with Crippen molar-refractivity contribution in [3.63, 3.8) is 0 Å². The molecule has 0 bridgehead atoms. The monoisotopic (exact) mass is 305 g/mol. The van der Waals surface area contributed by atoms with E-state index < -0.39 is 0 Å². The van der Waals surface area contributed by atoms with Gasteiger partial charge in [-0.3, -0.25) is 0 Å². The summed E-state index contributed by atoms with van der Waals surface area (Å²) in [7, 11) is 0. The Labute approximate surface area is 115 Å². The van der Waals surface area contributed by atoms with Gasteiger partial charge in [-0.1, -0.05) is 22.0 Å². The highest BCUT2D eigenvalue weighted by molar-refractivity contribution is 9.10. The molecule has 18 heavy (non-hydrogen) atoms. The van der Waals surface area contributed by atoms with Gasteiger partial charge in [-0.05, 0) is 49.9 Å². The Balaban J connectivity index is 2.15. The Hall–Kier alpha value is -1.06. The first-order valence-electron chi connectivity index (χ1n) is 6.31. The van der Waals surface area contributed by atoms with E-state index in [2.05, 4.69) is 57.9 Å². The van der Waals surface area contributed by atoms with E-state index in [4.69, 9.17) is 0 Å². The molecule has 1 aromatic carbocycles. The van der Waals surface area contributed by atoms with Crippen LogP contribution in [0, 0.1) is 6.92 Å². The summed E-state index contributed by atoms with van der Waals surface area (Å²) in [6, 6.07) is 8.37. The molecule has 1 aliphatic carbocycles. The molecule has 3 rings (SSSR count). The number of halogens is 1. The van der Waals surface area contributed by atoms with Crippen LogP contribution in [-0.4, -0.2) is 9.67 Å². The molecule has 1 unspecified atom stereocenters. The zero-order valence-electron chi connectivity index (χ0n) is 10.4. The van der Waals surface area contributed by atoms with Crippen LogP contribution in [-0.2, 0) is 6.42 Å². The van der Waals surface area contributed by atoms with Gasteiger partial charge in [0.2, 0.25) is 0 Å². The van der Waals surface area contributed by atoms with E-state index in [1.807, 2.05) is 0 Å². The minimum Gasteiger partial charge on any atom is -0.388 e. The third kappa shape index (κ3) is 1.91. The number of aliphatic hydroxyl groups is 1. The summed E-state index contributed by atoms with van der Waals surface area (Å²) in [6.07, 6.45) is 4.78. The van der Waals surface area contributed by atoms with Crippen molar-refractivity contribution in [2.75, 3.05) is 0 Å². The molecule has 3 heteroatoms. The normalized spacial score (nSPS) is 18.7. The van der Waals surface area contributed by atoms with Crippen LogP contribution >= 0.6 is 15.9 Å². The van der Waals surface area contributed by atoms with Gasteiger partial charge in [0.05, 0.1) is 6.10 Å². The van der Waals surface area contributed by atoms with Gasteiger partial charge in [-0.15, -0.1) is 0 Å². The summed E-state index contributed by atoms with van der Waals surface area (Å²) >= 11 is 3.53. The van der Waals surface area contributed by atoms with Gasteiger partial charge < -0.3 is 9.67 Å². The number of hydrogen-bond donors (Lipinski definition) is 1. The van der Waals surface area contributed by atoms with E-state index in [0.717, 1.165) is 29.3 Å². The standard InChI is InChI=1S/C15H16BrNO/c1-10-5-6-11(16)9-14(10)17-8-7-12-13(17)3-2-4-15(12)18/h5-9,15,18H,2-4H2,1H3. The van der Waals surface area contributed by atoms with Crippen molar-refractivity contribution in [1.29, 1.82) is 0 Å². The van der Waals surface area contributed by atoms with Crippen LogP contribution < -0.4 is 0 Å². The Bertz CT molecular complexity index is 588. The second-order valence-corrected chi connectivity index (χ2v) is 5.84. The van der Waals surface area contributed by atoms with E-state index in [-0.39, 0.29) is 6.10 Å². The molecule has 1 heterocycles. The predicted octanol–water partition coefficient (Wildman–Crippen LogP) is 3.92. The molecule has 1 atom stereocenters. The van der Waals surface area contributed by atoms with Gasteiger partial charge in [0.15, 0.2) is 0 Å². The molecule has 0 saturated carbocycles. The van der Waals surface area contributed by atoms with Gasteiger partial charge in [0.25, 0.3) is 0 Å². The molecule has 0 aliphatic heterocycles. The number of aliphatic hydroxyl groups excluding tert-OH is 1. The molecule has 2 nitrogen and oxygen atoms in total. The van der Waals surface area contributed by atoms with Gasteiger partial charge >= 0.3 is 0 Å². The summed E-state index contributed by atoms with van der Waals surface area (Å²) in [5.74, 6) is 0. The highest BCUT2D eigenvalue weighted by atomic mass is 79.9. The molecule has 0 fully saturated rings. The van der Waals surface area contributed by atoms with Crippen LogP contribution in [0.2, 0.25) is 0 Å². The average molecular weight is 306 g/mol. The summed E-state index contributed by atoms with van der Waals surface area (Å²) < 4.78 is 3.31. The van der Waals surface area contributed by atoms with Crippen molar-refractivity contribution in [2.24, 2.45) is 0 Å². The topological polar surface area (TPSA) is 25.2 Å². The maximum atomic E-state index is 10.0. The Morgan fingerprint density at radius 2 is 2.17 bits per heavy atom. The van der Waals surface area contributed by atoms with Gasteiger partial charge in [0.1, 0.15) is 0 Å².